The Morgan fingerprint density at radius 2 is 1.90 bits per heavy atom. The van der Waals surface area contributed by atoms with E-state index in [4.69, 9.17) is 5.41 Å². The number of fused-ring (bicyclic) bond motifs is 3. The molecule has 3 rings (SSSR count). The minimum atomic E-state index is -0.459. The van der Waals surface area contributed by atoms with Gasteiger partial charge in [-0.25, -0.2) is 4.39 Å². The Labute approximate surface area is 121 Å². The van der Waals surface area contributed by atoms with Gasteiger partial charge in [0.1, 0.15) is 5.75 Å². The van der Waals surface area contributed by atoms with Gasteiger partial charge in [0.2, 0.25) is 0 Å². The number of aryl methyl sites for hydroxylation is 2. The first-order valence-corrected chi connectivity index (χ1v) is 6.56. The summed E-state index contributed by atoms with van der Waals surface area (Å²) in [5.41, 5.74) is 3.87. The van der Waals surface area contributed by atoms with Crippen molar-refractivity contribution in [1.29, 1.82) is 5.41 Å². The van der Waals surface area contributed by atoms with Crippen LogP contribution in [0.3, 0.4) is 0 Å². The molecule has 0 saturated heterocycles. The van der Waals surface area contributed by atoms with Gasteiger partial charge in [-0.05, 0) is 30.2 Å². The Kier molecular flexibility index (Phi) is 2.83. The minimum Gasteiger partial charge on any atom is -0.508 e. The summed E-state index contributed by atoms with van der Waals surface area (Å²) in [6.45, 7) is 5.73. The molecule has 1 heterocycles. The zero-order valence-electron chi connectivity index (χ0n) is 11.9. The number of hydrogen-bond donors (Lipinski definition) is 2. The van der Waals surface area contributed by atoms with Crippen LogP contribution in [-0.2, 0) is 7.05 Å². The van der Waals surface area contributed by atoms with Crippen LogP contribution in [-0.4, -0.2) is 15.9 Å². The Morgan fingerprint density at radius 3 is 2.52 bits per heavy atom. The number of aromatic hydroxyl groups is 1. The number of benzene rings is 2. The van der Waals surface area contributed by atoms with E-state index in [0.29, 0.717) is 10.9 Å². The van der Waals surface area contributed by atoms with Crippen LogP contribution in [0.5, 0.6) is 5.75 Å². The van der Waals surface area contributed by atoms with Gasteiger partial charge in [0.25, 0.3) is 0 Å². The molecule has 0 amide bonds. The summed E-state index contributed by atoms with van der Waals surface area (Å²) in [5, 5.41) is 18.7. The molecule has 0 aliphatic rings. The second-order valence-corrected chi connectivity index (χ2v) is 5.13. The van der Waals surface area contributed by atoms with Crippen molar-refractivity contribution in [2.75, 3.05) is 0 Å². The summed E-state index contributed by atoms with van der Waals surface area (Å²) < 4.78 is 16.0. The Balaban J connectivity index is 2.66. The molecule has 106 valence electrons. The second kappa shape index (κ2) is 4.45. The number of phenols is 1. The van der Waals surface area contributed by atoms with Gasteiger partial charge >= 0.3 is 0 Å². The molecule has 0 spiro atoms. The molecular formula is C17H15FN2O. The fourth-order valence-electron chi connectivity index (χ4n) is 3.12. The van der Waals surface area contributed by atoms with Crippen molar-refractivity contribution in [3.05, 3.63) is 47.3 Å². The van der Waals surface area contributed by atoms with E-state index in [2.05, 4.69) is 6.58 Å². The fraction of sp³-hybridized carbons (Fsp3) is 0.118. The van der Waals surface area contributed by atoms with Crippen molar-refractivity contribution in [3.8, 4) is 5.75 Å². The highest BCUT2D eigenvalue weighted by Gasteiger charge is 2.17. The molecule has 2 aromatic carbocycles. The monoisotopic (exact) mass is 282 g/mol. The van der Waals surface area contributed by atoms with E-state index < -0.39 is 5.82 Å². The summed E-state index contributed by atoms with van der Waals surface area (Å²) in [6.07, 6.45) is 2.97. The molecule has 0 atom stereocenters. The second-order valence-electron chi connectivity index (χ2n) is 5.13. The van der Waals surface area contributed by atoms with Crippen LogP contribution in [0.15, 0.2) is 24.8 Å². The lowest BCUT2D eigenvalue weighted by molar-refractivity contribution is 0.470. The van der Waals surface area contributed by atoms with Gasteiger partial charge < -0.3 is 15.1 Å². The van der Waals surface area contributed by atoms with Crippen LogP contribution in [0.25, 0.3) is 27.9 Å². The highest BCUT2D eigenvalue weighted by molar-refractivity contribution is 6.12. The highest BCUT2D eigenvalue weighted by Crippen LogP contribution is 2.36. The van der Waals surface area contributed by atoms with Gasteiger partial charge in [-0.3, -0.25) is 0 Å². The topological polar surface area (TPSA) is 49.0 Å². The van der Waals surface area contributed by atoms with Crippen LogP contribution in [0.2, 0.25) is 0 Å². The summed E-state index contributed by atoms with van der Waals surface area (Å²) in [4.78, 5) is 0. The molecule has 0 aliphatic carbocycles. The van der Waals surface area contributed by atoms with Crippen molar-refractivity contribution < 1.29 is 9.50 Å². The van der Waals surface area contributed by atoms with Crippen LogP contribution in [0.1, 0.15) is 16.7 Å². The van der Waals surface area contributed by atoms with Gasteiger partial charge in [-0.1, -0.05) is 12.7 Å². The molecular weight excluding hydrogens is 267 g/mol. The molecule has 3 nitrogen and oxygen atoms in total. The summed E-state index contributed by atoms with van der Waals surface area (Å²) in [7, 11) is 1.80. The van der Waals surface area contributed by atoms with E-state index in [1.165, 1.54) is 6.21 Å². The zero-order valence-corrected chi connectivity index (χ0v) is 11.9. The van der Waals surface area contributed by atoms with Crippen molar-refractivity contribution in [2.24, 2.45) is 7.05 Å². The fourth-order valence-corrected chi connectivity index (χ4v) is 3.12. The zero-order chi connectivity index (χ0) is 15.3. The molecule has 21 heavy (non-hydrogen) atoms. The van der Waals surface area contributed by atoms with Gasteiger partial charge in [0.05, 0.1) is 11.0 Å². The first-order chi connectivity index (χ1) is 9.99. The van der Waals surface area contributed by atoms with Gasteiger partial charge in [-0.2, -0.15) is 0 Å². The predicted molar refractivity (Wildman–Crippen MR) is 84.8 cm³/mol. The number of hydrogen-bond acceptors (Lipinski definition) is 2. The average Bonchev–Trinajstić information content (AvgIpc) is 2.71. The van der Waals surface area contributed by atoms with Gasteiger partial charge in [0.15, 0.2) is 5.82 Å². The first-order valence-electron chi connectivity index (χ1n) is 6.56. The molecule has 3 aromatic rings. The third-order valence-electron chi connectivity index (χ3n) is 3.99. The number of aromatic nitrogens is 1. The molecule has 0 saturated carbocycles. The van der Waals surface area contributed by atoms with E-state index in [1.807, 2.05) is 13.0 Å². The van der Waals surface area contributed by atoms with E-state index >= 15 is 0 Å². The smallest absolute Gasteiger partial charge is 0.151 e. The predicted octanol–water partition coefficient (Wildman–Crippen LogP) is 4.13. The Hall–Kier alpha value is -2.62. The van der Waals surface area contributed by atoms with E-state index in [-0.39, 0.29) is 5.75 Å². The molecule has 2 N–H and O–H groups in total. The van der Waals surface area contributed by atoms with Gasteiger partial charge in [-0.15, -0.1) is 0 Å². The SMILES string of the molecule is C=Cc1c(C=N)cc2c3cc(O)cc(F)c3n(C)c2c1C. The standard InChI is InChI=1S/C17H15FN2O/c1-4-12-9(2)16-13(5-10(12)8-19)14-6-11(21)7-15(18)17(14)20(16)3/h4-8,19,21H,1H2,2-3H3. The first kappa shape index (κ1) is 13.4. The average molecular weight is 282 g/mol. The lowest BCUT2D eigenvalue weighted by Gasteiger charge is -2.09. The molecule has 4 heteroatoms. The molecule has 0 fully saturated rings. The maximum absolute atomic E-state index is 14.2. The van der Waals surface area contributed by atoms with Crippen molar-refractivity contribution in [2.45, 2.75) is 6.92 Å². The molecule has 1 aromatic heterocycles. The van der Waals surface area contributed by atoms with Crippen molar-refractivity contribution in [1.82, 2.24) is 4.57 Å². The normalized spacial score (nSPS) is 11.2. The number of rotatable bonds is 2. The number of nitrogens with zero attached hydrogens (tertiary/aromatic N) is 1. The van der Waals surface area contributed by atoms with Crippen LogP contribution >= 0.6 is 0 Å². The van der Waals surface area contributed by atoms with Crippen molar-refractivity contribution >= 4 is 34.1 Å². The van der Waals surface area contributed by atoms with E-state index in [0.717, 1.165) is 33.7 Å². The third-order valence-corrected chi connectivity index (χ3v) is 3.99. The molecule has 0 radical (unpaired) electrons. The maximum Gasteiger partial charge on any atom is 0.151 e. The summed E-state index contributed by atoms with van der Waals surface area (Å²) in [6, 6.07) is 4.51. The van der Waals surface area contributed by atoms with E-state index in [9.17, 15) is 9.50 Å². The number of nitrogens with one attached hydrogen (secondary N) is 1. The molecule has 0 aliphatic heterocycles. The van der Waals surface area contributed by atoms with Crippen LogP contribution in [0, 0.1) is 18.2 Å². The van der Waals surface area contributed by atoms with Crippen LogP contribution in [0.4, 0.5) is 4.39 Å². The maximum atomic E-state index is 14.2. The van der Waals surface area contributed by atoms with Crippen molar-refractivity contribution in [3.63, 3.8) is 0 Å². The third kappa shape index (κ3) is 1.69. The Morgan fingerprint density at radius 1 is 1.24 bits per heavy atom. The van der Waals surface area contributed by atoms with Gasteiger partial charge in [0, 0.05) is 35.7 Å². The number of phenolic OH excluding ortho intramolecular Hbond substituents is 1. The molecule has 0 unspecified atom stereocenters. The largest absolute Gasteiger partial charge is 0.508 e. The molecule has 0 bridgehead atoms. The number of halogens is 1. The highest BCUT2D eigenvalue weighted by atomic mass is 19.1. The lowest BCUT2D eigenvalue weighted by atomic mass is 9.98. The Bertz CT molecular complexity index is 922. The quantitative estimate of drug-likeness (QED) is 0.682. The van der Waals surface area contributed by atoms with E-state index in [1.54, 1.807) is 23.8 Å². The van der Waals surface area contributed by atoms with Crippen LogP contribution < -0.4 is 0 Å². The summed E-state index contributed by atoms with van der Waals surface area (Å²) in [5.74, 6) is -0.561. The lowest BCUT2D eigenvalue weighted by Crippen LogP contribution is -1.96. The minimum absolute atomic E-state index is 0.102. The summed E-state index contributed by atoms with van der Waals surface area (Å²) >= 11 is 0.